The molecule has 1 fully saturated rings. The Hall–Kier alpha value is -2.29. The van der Waals surface area contributed by atoms with Crippen molar-refractivity contribution >= 4 is 27.7 Å². The lowest BCUT2D eigenvalue weighted by Gasteiger charge is -2.34. The van der Waals surface area contributed by atoms with Gasteiger partial charge in [-0.1, -0.05) is 0 Å². The maximum absolute atomic E-state index is 12.7. The molecular weight excluding hydrogens is 358 g/mol. The minimum atomic E-state index is -3.36. The highest BCUT2D eigenvalue weighted by atomic mass is 32.2. The van der Waals surface area contributed by atoms with Gasteiger partial charge in [-0.2, -0.15) is 0 Å². The van der Waals surface area contributed by atoms with E-state index in [1.54, 1.807) is 41.8 Å². The number of hydrogen-bond acceptors (Lipinski definition) is 5. The lowest BCUT2D eigenvalue weighted by Crippen LogP contribution is -2.50. The lowest BCUT2D eigenvalue weighted by atomic mass is 10.1. The van der Waals surface area contributed by atoms with Gasteiger partial charge in [0.25, 0.3) is 5.91 Å². The summed E-state index contributed by atoms with van der Waals surface area (Å²) in [5.41, 5.74) is 1.74. The van der Waals surface area contributed by atoms with E-state index < -0.39 is 10.0 Å². The molecule has 1 saturated heterocycles. The van der Waals surface area contributed by atoms with E-state index in [9.17, 15) is 18.0 Å². The first-order valence-corrected chi connectivity index (χ1v) is 10.3. The number of benzene rings is 1. The predicted molar refractivity (Wildman–Crippen MR) is 98.9 cm³/mol. The topological polar surface area (TPSA) is 87.2 Å². The highest BCUT2D eigenvalue weighted by Crippen LogP contribution is 2.23. The molecule has 0 unspecified atom stereocenters. The first-order chi connectivity index (χ1) is 12.1. The second-order valence-electron chi connectivity index (χ2n) is 6.21. The summed E-state index contributed by atoms with van der Waals surface area (Å²) in [5.74, 6) is -0.134. The summed E-state index contributed by atoms with van der Waals surface area (Å²) in [6.07, 6.45) is 0.776. The quantitative estimate of drug-likeness (QED) is 0.782. The minimum Gasteiger partial charge on any atom is -0.450 e. The van der Waals surface area contributed by atoms with Crippen LogP contribution in [0.2, 0.25) is 0 Å². The van der Waals surface area contributed by atoms with Crippen molar-refractivity contribution in [3.8, 4) is 0 Å². The first kappa shape index (κ1) is 20.0. The zero-order valence-electron chi connectivity index (χ0n) is 15.6. The molecule has 26 heavy (non-hydrogen) atoms. The van der Waals surface area contributed by atoms with E-state index in [-0.39, 0.29) is 12.0 Å². The van der Waals surface area contributed by atoms with E-state index in [0.717, 1.165) is 6.26 Å². The van der Waals surface area contributed by atoms with Crippen LogP contribution in [0.25, 0.3) is 0 Å². The number of carbonyl (C=O) groups excluding carboxylic acids is 2. The molecule has 0 aliphatic carbocycles. The van der Waals surface area contributed by atoms with Crippen molar-refractivity contribution in [1.82, 2.24) is 9.80 Å². The number of sulfonamides is 1. The molecule has 8 nitrogen and oxygen atoms in total. The molecule has 9 heteroatoms. The SMILES string of the molecule is CCOC(=O)N1CCN(C(=O)c2ccc(N(C)S(C)(=O)=O)c(C)c2)CC1. The lowest BCUT2D eigenvalue weighted by molar-refractivity contribution is 0.0570. The van der Waals surface area contributed by atoms with Crippen molar-refractivity contribution in [3.63, 3.8) is 0 Å². The number of aryl methyl sites for hydroxylation is 1. The van der Waals surface area contributed by atoms with Gasteiger partial charge < -0.3 is 14.5 Å². The van der Waals surface area contributed by atoms with Crippen LogP contribution in [0.5, 0.6) is 0 Å². The summed E-state index contributed by atoms with van der Waals surface area (Å²) in [5, 5.41) is 0. The molecule has 2 rings (SSSR count). The number of hydrogen-bond donors (Lipinski definition) is 0. The van der Waals surface area contributed by atoms with E-state index in [1.807, 2.05) is 0 Å². The Kier molecular flexibility index (Phi) is 6.12. The maximum atomic E-state index is 12.7. The van der Waals surface area contributed by atoms with Crippen LogP contribution in [0.4, 0.5) is 10.5 Å². The van der Waals surface area contributed by atoms with Crippen molar-refractivity contribution in [1.29, 1.82) is 0 Å². The summed E-state index contributed by atoms with van der Waals surface area (Å²) in [4.78, 5) is 27.7. The minimum absolute atomic E-state index is 0.134. The molecule has 0 spiro atoms. The Bertz CT molecular complexity index is 786. The van der Waals surface area contributed by atoms with Crippen LogP contribution in [-0.4, -0.2) is 76.3 Å². The van der Waals surface area contributed by atoms with Gasteiger partial charge in [0.1, 0.15) is 0 Å². The molecular formula is C17H25N3O5S. The standard InChI is InChI=1S/C17H25N3O5S/c1-5-25-17(22)20-10-8-19(9-11-20)16(21)14-6-7-15(13(2)12-14)18(3)26(4,23)24/h6-7,12H,5,8-11H2,1-4H3. The third-order valence-electron chi connectivity index (χ3n) is 4.37. The van der Waals surface area contributed by atoms with Gasteiger partial charge in [0, 0.05) is 38.8 Å². The number of nitrogens with zero attached hydrogens (tertiary/aromatic N) is 3. The van der Waals surface area contributed by atoms with Crippen LogP contribution in [0, 0.1) is 6.92 Å². The predicted octanol–water partition coefficient (Wildman–Crippen LogP) is 1.31. The molecule has 0 radical (unpaired) electrons. The fraction of sp³-hybridized carbons (Fsp3) is 0.529. The second-order valence-corrected chi connectivity index (χ2v) is 8.22. The number of carbonyl (C=O) groups is 2. The highest BCUT2D eigenvalue weighted by Gasteiger charge is 2.26. The van der Waals surface area contributed by atoms with Crippen LogP contribution >= 0.6 is 0 Å². The smallest absolute Gasteiger partial charge is 0.409 e. The molecule has 1 aliphatic heterocycles. The van der Waals surface area contributed by atoms with E-state index in [2.05, 4.69) is 0 Å². The molecule has 0 atom stereocenters. The molecule has 1 heterocycles. The van der Waals surface area contributed by atoms with Crippen LogP contribution in [-0.2, 0) is 14.8 Å². The van der Waals surface area contributed by atoms with Gasteiger partial charge in [0.15, 0.2) is 0 Å². The van der Waals surface area contributed by atoms with Crippen molar-refractivity contribution in [2.75, 3.05) is 50.4 Å². The van der Waals surface area contributed by atoms with E-state index in [4.69, 9.17) is 4.74 Å². The third kappa shape index (κ3) is 4.46. The average Bonchev–Trinajstić information content (AvgIpc) is 2.60. The second kappa shape index (κ2) is 7.94. The van der Waals surface area contributed by atoms with Crippen molar-refractivity contribution in [2.24, 2.45) is 0 Å². The van der Waals surface area contributed by atoms with Gasteiger partial charge in [-0.3, -0.25) is 9.10 Å². The van der Waals surface area contributed by atoms with E-state index >= 15 is 0 Å². The summed E-state index contributed by atoms with van der Waals surface area (Å²) < 4.78 is 29.5. The van der Waals surface area contributed by atoms with Gasteiger partial charge in [-0.25, -0.2) is 13.2 Å². The third-order valence-corrected chi connectivity index (χ3v) is 5.56. The fourth-order valence-electron chi connectivity index (χ4n) is 2.81. The number of anilines is 1. The number of rotatable bonds is 4. The molecule has 1 aromatic carbocycles. The van der Waals surface area contributed by atoms with Crippen molar-refractivity contribution in [2.45, 2.75) is 13.8 Å². The maximum Gasteiger partial charge on any atom is 0.409 e. The Balaban J connectivity index is 2.07. The summed E-state index contributed by atoms with van der Waals surface area (Å²) >= 11 is 0. The van der Waals surface area contributed by atoms with Gasteiger partial charge in [0.05, 0.1) is 18.6 Å². The van der Waals surface area contributed by atoms with Gasteiger partial charge in [0.2, 0.25) is 10.0 Å². The molecule has 1 aromatic rings. The van der Waals surface area contributed by atoms with Crippen LogP contribution in [0.1, 0.15) is 22.8 Å². The number of ether oxygens (including phenoxy) is 1. The Morgan fingerprint density at radius 1 is 1.15 bits per heavy atom. The molecule has 144 valence electrons. The van der Waals surface area contributed by atoms with Crippen molar-refractivity contribution in [3.05, 3.63) is 29.3 Å². The fourth-order valence-corrected chi connectivity index (χ4v) is 3.37. The molecule has 2 amide bonds. The molecule has 0 N–H and O–H groups in total. The van der Waals surface area contributed by atoms with Crippen molar-refractivity contribution < 1.29 is 22.7 Å². The van der Waals surface area contributed by atoms with Gasteiger partial charge >= 0.3 is 6.09 Å². The van der Waals surface area contributed by atoms with Crippen LogP contribution < -0.4 is 4.31 Å². The highest BCUT2D eigenvalue weighted by molar-refractivity contribution is 7.92. The molecule has 0 aromatic heterocycles. The first-order valence-electron chi connectivity index (χ1n) is 8.40. The zero-order chi connectivity index (χ0) is 19.5. The zero-order valence-corrected chi connectivity index (χ0v) is 16.4. The Labute approximate surface area is 154 Å². The monoisotopic (exact) mass is 383 g/mol. The van der Waals surface area contributed by atoms with Crippen LogP contribution in [0.15, 0.2) is 18.2 Å². The Morgan fingerprint density at radius 3 is 2.23 bits per heavy atom. The molecule has 0 saturated carbocycles. The van der Waals surface area contributed by atoms with Gasteiger partial charge in [-0.15, -0.1) is 0 Å². The molecule has 0 bridgehead atoms. The van der Waals surface area contributed by atoms with E-state index in [0.29, 0.717) is 49.6 Å². The normalized spacial score (nSPS) is 14.9. The summed E-state index contributed by atoms with van der Waals surface area (Å²) in [7, 11) is -1.88. The Morgan fingerprint density at radius 2 is 1.73 bits per heavy atom. The van der Waals surface area contributed by atoms with E-state index in [1.165, 1.54) is 11.4 Å². The molecule has 1 aliphatic rings. The van der Waals surface area contributed by atoms with Gasteiger partial charge in [-0.05, 0) is 37.6 Å². The summed E-state index contributed by atoms with van der Waals surface area (Å²) in [6, 6.07) is 4.96. The summed E-state index contributed by atoms with van der Waals surface area (Å²) in [6.45, 7) is 5.57. The average molecular weight is 383 g/mol. The number of amides is 2. The van der Waals surface area contributed by atoms with Crippen LogP contribution in [0.3, 0.4) is 0 Å². The number of piperazine rings is 1. The largest absolute Gasteiger partial charge is 0.450 e.